The second-order valence-corrected chi connectivity index (χ2v) is 4.85. The summed E-state index contributed by atoms with van der Waals surface area (Å²) >= 11 is 0. The lowest BCUT2D eigenvalue weighted by molar-refractivity contribution is 0.0503. The van der Waals surface area contributed by atoms with Gasteiger partial charge in [-0.15, -0.1) is 0 Å². The van der Waals surface area contributed by atoms with Crippen molar-refractivity contribution in [3.63, 3.8) is 0 Å². The number of aromatic carboxylic acids is 1. The van der Waals surface area contributed by atoms with Crippen LogP contribution < -0.4 is 0 Å². The zero-order chi connectivity index (χ0) is 19.0. The number of carboxylic acids is 1. The van der Waals surface area contributed by atoms with Gasteiger partial charge in [-0.3, -0.25) is 0 Å². The molecular weight excluding hydrogens is 332 g/mol. The lowest BCUT2D eigenvalue weighted by Crippen LogP contribution is -2.05. The summed E-state index contributed by atoms with van der Waals surface area (Å²) in [5.74, 6) is -3.33. The highest BCUT2D eigenvalue weighted by Gasteiger charge is 2.14. The van der Waals surface area contributed by atoms with Crippen molar-refractivity contribution >= 4 is 11.9 Å². The van der Waals surface area contributed by atoms with Crippen molar-refractivity contribution in [3.05, 3.63) is 47.5 Å². The molecule has 0 fully saturated rings. The van der Waals surface area contributed by atoms with Gasteiger partial charge in [-0.05, 0) is 42.8 Å². The van der Waals surface area contributed by atoms with Gasteiger partial charge in [0.1, 0.15) is 5.75 Å². The summed E-state index contributed by atoms with van der Waals surface area (Å²) in [6, 6.07) is 7.43. The molecule has 0 saturated carbocycles. The first-order chi connectivity index (χ1) is 11.8. The summed E-state index contributed by atoms with van der Waals surface area (Å²) in [5, 5.41) is 44.5. The number of benzene rings is 2. The molecule has 0 saturated heterocycles. The molecule has 0 heterocycles. The number of phenols is 4. The predicted molar refractivity (Wildman–Crippen MR) is 87.1 cm³/mol. The van der Waals surface area contributed by atoms with E-state index < -0.39 is 29.2 Å². The average molecular weight is 350 g/mol. The van der Waals surface area contributed by atoms with Crippen molar-refractivity contribution in [3.8, 4) is 23.0 Å². The summed E-state index contributed by atoms with van der Waals surface area (Å²) in [5.41, 5.74) is 0.175. The number of aromatic hydroxyl groups is 4. The van der Waals surface area contributed by atoms with E-state index in [4.69, 9.17) is 30.3 Å². The van der Waals surface area contributed by atoms with Crippen LogP contribution in [-0.4, -0.2) is 44.1 Å². The molecule has 0 aliphatic heterocycles. The van der Waals surface area contributed by atoms with E-state index in [9.17, 15) is 9.59 Å². The number of ether oxygens (including phenoxy) is 1. The Bertz CT molecular complexity index is 714. The highest BCUT2D eigenvalue weighted by Crippen LogP contribution is 2.35. The molecule has 0 aromatic heterocycles. The molecule has 0 radical (unpaired) electrons. The summed E-state index contributed by atoms with van der Waals surface area (Å²) in [7, 11) is 0. The number of phenolic OH excluding ortho intramolecular Hbond substituents is 4. The highest BCUT2D eigenvalue weighted by atomic mass is 16.5. The van der Waals surface area contributed by atoms with Crippen LogP contribution in [0.25, 0.3) is 0 Å². The fraction of sp³-hybridized carbons (Fsp3) is 0.176. The monoisotopic (exact) mass is 350 g/mol. The minimum atomic E-state index is -0.986. The summed E-state index contributed by atoms with van der Waals surface area (Å²) in [6.45, 7) is 2.11. The molecule has 0 spiro atoms. The van der Waals surface area contributed by atoms with Crippen LogP contribution in [0, 0.1) is 0 Å². The molecule has 5 N–H and O–H groups in total. The Labute approximate surface area is 143 Å². The number of carboxylic acid groups (broad SMARTS) is 1. The molecule has 8 heteroatoms. The quantitative estimate of drug-likeness (QED) is 0.418. The van der Waals surface area contributed by atoms with Gasteiger partial charge in [-0.2, -0.15) is 0 Å². The Morgan fingerprint density at radius 2 is 1.44 bits per heavy atom. The predicted octanol–water partition coefficient (Wildman–Crippen LogP) is 2.46. The zero-order valence-corrected chi connectivity index (χ0v) is 13.3. The van der Waals surface area contributed by atoms with Crippen LogP contribution in [-0.2, 0) is 4.74 Å². The van der Waals surface area contributed by atoms with E-state index in [1.54, 1.807) is 0 Å². The Morgan fingerprint density at radius 3 is 1.88 bits per heavy atom. The van der Waals surface area contributed by atoms with Crippen molar-refractivity contribution in [2.24, 2.45) is 0 Å². The Morgan fingerprint density at radius 1 is 0.920 bits per heavy atom. The normalized spacial score (nSPS) is 9.64. The third-order valence-electron chi connectivity index (χ3n) is 2.86. The van der Waals surface area contributed by atoms with Crippen LogP contribution in [0.3, 0.4) is 0 Å². The number of hydrogen-bond acceptors (Lipinski definition) is 7. The SMILES string of the molecule is CCCOC(=O)c1cc(O)c(O)c(O)c1.O=C(O)c1ccc(O)cc1. The lowest BCUT2D eigenvalue weighted by Gasteiger charge is -2.05. The summed E-state index contributed by atoms with van der Waals surface area (Å²) < 4.78 is 4.78. The van der Waals surface area contributed by atoms with Crippen LogP contribution in [0.15, 0.2) is 36.4 Å². The minimum Gasteiger partial charge on any atom is -0.508 e. The lowest BCUT2D eigenvalue weighted by atomic mass is 10.2. The fourth-order valence-corrected chi connectivity index (χ4v) is 1.60. The third kappa shape index (κ3) is 5.94. The van der Waals surface area contributed by atoms with Crippen LogP contribution in [0.2, 0.25) is 0 Å². The van der Waals surface area contributed by atoms with Gasteiger partial charge in [0, 0.05) is 0 Å². The average Bonchev–Trinajstić information content (AvgIpc) is 2.58. The Hall–Kier alpha value is -3.42. The molecule has 0 aliphatic rings. The van der Waals surface area contributed by atoms with E-state index in [1.165, 1.54) is 24.3 Å². The Balaban J connectivity index is 0.000000271. The first-order valence-electron chi connectivity index (χ1n) is 7.20. The molecule has 2 rings (SSSR count). The zero-order valence-electron chi connectivity index (χ0n) is 13.3. The highest BCUT2D eigenvalue weighted by molar-refractivity contribution is 5.91. The van der Waals surface area contributed by atoms with Crippen molar-refractivity contribution < 1.29 is 39.9 Å². The van der Waals surface area contributed by atoms with E-state index in [0.29, 0.717) is 6.42 Å². The van der Waals surface area contributed by atoms with Gasteiger partial charge in [0.2, 0.25) is 0 Å². The molecule has 8 nitrogen and oxygen atoms in total. The molecule has 0 unspecified atom stereocenters. The number of esters is 1. The maximum Gasteiger partial charge on any atom is 0.338 e. The van der Waals surface area contributed by atoms with E-state index in [2.05, 4.69) is 0 Å². The number of carbonyl (C=O) groups is 2. The maximum atomic E-state index is 11.3. The number of carbonyl (C=O) groups excluding carboxylic acids is 1. The Kier molecular flexibility index (Phi) is 7.08. The largest absolute Gasteiger partial charge is 0.508 e. The van der Waals surface area contributed by atoms with Crippen molar-refractivity contribution in [1.82, 2.24) is 0 Å². The second kappa shape index (κ2) is 9.02. The third-order valence-corrected chi connectivity index (χ3v) is 2.86. The van der Waals surface area contributed by atoms with Crippen LogP contribution in [0.1, 0.15) is 34.1 Å². The molecule has 0 bridgehead atoms. The van der Waals surface area contributed by atoms with E-state index in [-0.39, 0.29) is 23.5 Å². The van der Waals surface area contributed by atoms with Crippen LogP contribution in [0.5, 0.6) is 23.0 Å². The van der Waals surface area contributed by atoms with E-state index in [0.717, 1.165) is 12.1 Å². The van der Waals surface area contributed by atoms with Crippen LogP contribution >= 0.6 is 0 Å². The maximum absolute atomic E-state index is 11.3. The van der Waals surface area contributed by atoms with Crippen molar-refractivity contribution in [2.75, 3.05) is 6.61 Å². The van der Waals surface area contributed by atoms with E-state index >= 15 is 0 Å². The molecule has 2 aromatic rings. The first-order valence-corrected chi connectivity index (χ1v) is 7.20. The van der Waals surface area contributed by atoms with Gasteiger partial charge in [0.15, 0.2) is 17.2 Å². The molecule has 0 amide bonds. The van der Waals surface area contributed by atoms with Gasteiger partial charge in [0.25, 0.3) is 0 Å². The minimum absolute atomic E-state index is 0.00347. The van der Waals surface area contributed by atoms with Gasteiger partial charge in [-0.25, -0.2) is 9.59 Å². The van der Waals surface area contributed by atoms with Gasteiger partial charge >= 0.3 is 11.9 Å². The summed E-state index contributed by atoms with van der Waals surface area (Å²) in [6.07, 6.45) is 0.682. The van der Waals surface area contributed by atoms with Crippen LogP contribution in [0.4, 0.5) is 0 Å². The van der Waals surface area contributed by atoms with Crippen molar-refractivity contribution in [1.29, 1.82) is 0 Å². The molecule has 2 aromatic carbocycles. The summed E-state index contributed by atoms with van der Waals surface area (Å²) in [4.78, 5) is 21.5. The fourth-order valence-electron chi connectivity index (χ4n) is 1.60. The second-order valence-electron chi connectivity index (χ2n) is 4.85. The molecule has 0 atom stereocenters. The topological polar surface area (TPSA) is 145 Å². The van der Waals surface area contributed by atoms with Gasteiger partial charge < -0.3 is 30.3 Å². The number of rotatable bonds is 4. The number of hydrogen-bond donors (Lipinski definition) is 5. The van der Waals surface area contributed by atoms with Crippen molar-refractivity contribution in [2.45, 2.75) is 13.3 Å². The molecule has 0 aliphatic carbocycles. The van der Waals surface area contributed by atoms with Gasteiger partial charge in [-0.1, -0.05) is 6.92 Å². The molecule has 134 valence electrons. The first kappa shape index (κ1) is 19.6. The smallest absolute Gasteiger partial charge is 0.338 e. The standard InChI is InChI=1S/C10H12O5.C7H6O3/c1-2-3-15-10(14)6-4-7(11)9(13)8(12)5-6;8-6-3-1-5(2-4-6)7(9)10/h4-5,11-13H,2-3H2,1H3;1-4,8H,(H,9,10). The van der Waals surface area contributed by atoms with Gasteiger partial charge in [0.05, 0.1) is 17.7 Å². The van der Waals surface area contributed by atoms with E-state index in [1.807, 2.05) is 6.92 Å². The molecule has 25 heavy (non-hydrogen) atoms. The molecular formula is C17H18O8.